The molecule has 0 N–H and O–H groups in total. The van der Waals surface area contributed by atoms with Gasteiger partial charge in [-0.25, -0.2) is 13.7 Å². The highest BCUT2D eigenvalue weighted by molar-refractivity contribution is 5.84. The first-order chi connectivity index (χ1) is 37.0. The summed E-state index contributed by atoms with van der Waals surface area (Å²) in [7, 11) is 4.08. The molecule has 12 rings (SSSR count). The Kier molecular flexibility index (Phi) is 12.8. The van der Waals surface area contributed by atoms with Gasteiger partial charge in [-0.05, 0) is 152 Å². The van der Waals surface area contributed by atoms with Crippen LogP contribution in [-0.4, -0.2) is 4.57 Å². The first-order valence-electron chi connectivity index (χ1n) is 25.5. The van der Waals surface area contributed by atoms with Crippen molar-refractivity contribution in [2.24, 2.45) is 14.1 Å². The Morgan fingerprint density at radius 2 is 0.480 bits per heavy atom. The van der Waals surface area contributed by atoms with Crippen LogP contribution in [0.4, 0.5) is 34.1 Å². The Bertz CT molecular complexity index is 3800. The summed E-state index contributed by atoms with van der Waals surface area (Å²) in [6.07, 6.45) is 10.4. The van der Waals surface area contributed by atoms with Crippen molar-refractivity contribution in [1.29, 1.82) is 0 Å². The summed E-state index contributed by atoms with van der Waals surface area (Å²) in [6, 6.07) is 96.5. The highest BCUT2D eigenvalue weighted by Crippen LogP contribution is 2.40. The molecule has 0 bridgehead atoms. The molecule has 5 nitrogen and oxygen atoms in total. The molecule has 12 aromatic rings. The van der Waals surface area contributed by atoms with E-state index in [0.717, 1.165) is 50.9 Å². The lowest BCUT2D eigenvalue weighted by atomic mass is 10.00. The highest BCUT2D eigenvalue weighted by Gasteiger charge is 2.17. The van der Waals surface area contributed by atoms with E-state index >= 15 is 0 Å². The monoisotopic (exact) mass is 965 g/mol. The zero-order chi connectivity index (χ0) is 50.5. The molecule has 0 saturated carbocycles. The van der Waals surface area contributed by atoms with Crippen LogP contribution in [0.5, 0.6) is 0 Å². The van der Waals surface area contributed by atoms with Crippen LogP contribution in [0.2, 0.25) is 0 Å². The summed E-state index contributed by atoms with van der Waals surface area (Å²) in [4.78, 5) is 4.68. The van der Waals surface area contributed by atoms with Gasteiger partial charge in [-0.15, -0.1) is 0 Å². The molecule has 0 aliphatic heterocycles. The molecule has 0 fully saturated rings. The van der Waals surface area contributed by atoms with E-state index in [2.05, 4.69) is 311 Å². The fourth-order valence-corrected chi connectivity index (χ4v) is 9.95. The number of hydrogen-bond acceptors (Lipinski definition) is 2. The maximum absolute atomic E-state index is 2.34. The lowest BCUT2D eigenvalue weighted by Gasteiger charge is -2.27. The Balaban J connectivity index is 0.832. The number of pyridine rings is 1. The van der Waals surface area contributed by atoms with Crippen molar-refractivity contribution in [2.45, 2.75) is 0 Å². The third kappa shape index (κ3) is 10.0. The zero-order valence-electron chi connectivity index (χ0n) is 42.0. The summed E-state index contributed by atoms with van der Waals surface area (Å²) >= 11 is 0. The molecular weight excluding hydrogens is 911 g/mol. The second-order valence-electron chi connectivity index (χ2n) is 19.0. The van der Waals surface area contributed by atoms with Crippen LogP contribution >= 0.6 is 0 Å². The van der Waals surface area contributed by atoms with Gasteiger partial charge in [0, 0.05) is 46.3 Å². The molecule has 0 unspecified atom stereocenters. The largest absolute Gasteiger partial charge is 0.311 e. The minimum Gasteiger partial charge on any atom is -0.311 e. The molecule has 358 valence electrons. The van der Waals surface area contributed by atoms with E-state index in [-0.39, 0.29) is 0 Å². The van der Waals surface area contributed by atoms with Crippen molar-refractivity contribution < 1.29 is 9.13 Å². The number of anilines is 6. The second kappa shape index (κ2) is 20.7. The lowest BCUT2D eigenvalue weighted by Crippen LogP contribution is -2.25. The van der Waals surface area contributed by atoms with Gasteiger partial charge in [-0.3, -0.25) is 0 Å². The number of hydrogen-bond donors (Lipinski definition) is 0. The number of nitrogens with zero attached hydrogens (tertiary/aromatic N) is 5. The zero-order valence-corrected chi connectivity index (χ0v) is 42.0. The van der Waals surface area contributed by atoms with Gasteiger partial charge in [0.05, 0.1) is 7.05 Å². The van der Waals surface area contributed by atoms with E-state index in [4.69, 9.17) is 0 Å². The molecular formula is C70H55N5+2. The van der Waals surface area contributed by atoms with Gasteiger partial charge in [0.25, 0.3) is 0 Å². The fourth-order valence-electron chi connectivity index (χ4n) is 9.95. The van der Waals surface area contributed by atoms with Gasteiger partial charge >= 0.3 is 0 Å². The smallest absolute Gasteiger partial charge is 0.248 e. The van der Waals surface area contributed by atoms with E-state index in [1.165, 1.54) is 55.6 Å². The predicted octanol–water partition coefficient (Wildman–Crippen LogP) is 17.1. The molecule has 0 aliphatic carbocycles. The molecule has 75 heavy (non-hydrogen) atoms. The van der Waals surface area contributed by atoms with Crippen molar-refractivity contribution in [2.75, 3.05) is 9.80 Å². The minimum absolute atomic E-state index is 1.08. The van der Waals surface area contributed by atoms with Crippen LogP contribution in [0.15, 0.2) is 298 Å². The molecule has 0 spiro atoms. The second-order valence-corrected chi connectivity index (χ2v) is 19.0. The molecule has 0 aliphatic rings. The standard InChI is InChI=1S/C70H55N5/c1-71-47-45-63(46-48-71)55-15-13-54(14-16-55)59-23-37-67(38-24-59)74(65-33-19-56(20-34-65)52-9-5-3-6-10-52)69-41-27-61(28-42-69)62-29-43-70(44-30-62)75(66-35-21-57(22-36-66)53-11-7-4-8-12-53)68-39-25-60(26-40-68)58-17-31-64(32-18-58)73-50-49-72(2)51-73/h3-51H,1-2H3/q+2. The highest BCUT2D eigenvalue weighted by atomic mass is 15.1. The quantitative estimate of drug-likeness (QED) is 0.107. The van der Waals surface area contributed by atoms with Gasteiger partial charge in [0.1, 0.15) is 25.1 Å². The van der Waals surface area contributed by atoms with E-state index in [9.17, 15) is 0 Å². The van der Waals surface area contributed by atoms with Crippen LogP contribution in [0.3, 0.4) is 0 Å². The van der Waals surface area contributed by atoms with Gasteiger partial charge < -0.3 is 9.80 Å². The Labute approximate surface area is 440 Å². The Hall–Kier alpha value is -9.84. The van der Waals surface area contributed by atoms with Crippen LogP contribution < -0.4 is 18.9 Å². The molecule has 5 heteroatoms. The number of benzene rings is 10. The molecule has 0 atom stereocenters. The van der Waals surface area contributed by atoms with E-state index in [0.29, 0.717) is 0 Å². The molecule has 2 aromatic heterocycles. The van der Waals surface area contributed by atoms with E-state index in [1.807, 2.05) is 24.9 Å². The van der Waals surface area contributed by atoms with Crippen molar-refractivity contribution >= 4 is 34.1 Å². The number of imidazole rings is 1. The number of aromatic nitrogens is 3. The van der Waals surface area contributed by atoms with Crippen molar-refractivity contribution in [1.82, 2.24) is 4.57 Å². The summed E-state index contributed by atoms with van der Waals surface area (Å²) in [5, 5.41) is 0. The van der Waals surface area contributed by atoms with Crippen LogP contribution in [0, 0.1) is 0 Å². The molecule has 0 amide bonds. The summed E-state index contributed by atoms with van der Waals surface area (Å²) in [5.74, 6) is 0. The third-order valence-electron chi connectivity index (χ3n) is 14.1. The topological polar surface area (TPSA) is 19.2 Å². The summed E-state index contributed by atoms with van der Waals surface area (Å²) < 4.78 is 6.24. The summed E-state index contributed by atoms with van der Waals surface area (Å²) in [6.45, 7) is 0. The number of rotatable bonds is 13. The SMILES string of the molecule is C[n+]1ccc(-c2ccc(-c3ccc(N(c4ccc(-c5ccccc5)cc4)c4ccc(-c5ccc(N(c6ccc(-c7ccccc7)cc6)c6ccc(-c7ccc(-n8cc[n+](C)c8)cc7)cc6)cc5)cc4)cc3)cc2)cc1. The minimum atomic E-state index is 1.08. The van der Waals surface area contributed by atoms with Gasteiger partial charge in [-0.1, -0.05) is 170 Å². The lowest BCUT2D eigenvalue weighted by molar-refractivity contribution is -0.671. The average Bonchev–Trinajstić information content (AvgIpc) is 3.93. The van der Waals surface area contributed by atoms with Crippen LogP contribution in [0.1, 0.15) is 0 Å². The Morgan fingerprint density at radius 1 is 0.240 bits per heavy atom. The van der Waals surface area contributed by atoms with Gasteiger partial charge in [0.15, 0.2) is 12.4 Å². The first-order valence-corrected chi connectivity index (χ1v) is 25.5. The van der Waals surface area contributed by atoms with Crippen molar-refractivity contribution in [3.63, 3.8) is 0 Å². The predicted molar refractivity (Wildman–Crippen MR) is 310 cm³/mol. The number of aryl methyl sites for hydroxylation is 2. The van der Waals surface area contributed by atoms with Gasteiger partial charge in [-0.2, -0.15) is 0 Å². The molecule has 2 heterocycles. The third-order valence-corrected chi connectivity index (χ3v) is 14.1. The molecule has 10 aromatic carbocycles. The molecule has 0 radical (unpaired) electrons. The van der Waals surface area contributed by atoms with Crippen LogP contribution in [-0.2, 0) is 14.1 Å². The van der Waals surface area contributed by atoms with Gasteiger partial charge in [0.2, 0.25) is 6.33 Å². The average molecular weight is 966 g/mol. The van der Waals surface area contributed by atoms with Crippen LogP contribution in [0.25, 0.3) is 72.4 Å². The maximum Gasteiger partial charge on any atom is 0.248 e. The Morgan fingerprint density at radius 3 is 0.747 bits per heavy atom. The van der Waals surface area contributed by atoms with Crippen molar-refractivity contribution in [3.05, 3.63) is 298 Å². The van der Waals surface area contributed by atoms with E-state index in [1.54, 1.807) is 0 Å². The summed E-state index contributed by atoms with van der Waals surface area (Å²) in [5.41, 5.74) is 21.8. The van der Waals surface area contributed by atoms with Crippen molar-refractivity contribution in [3.8, 4) is 72.4 Å². The fraction of sp³-hybridized carbons (Fsp3) is 0.0286. The molecule has 0 saturated heterocycles. The van der Waals surface area contributed by atoms with E-state index < -0.39 is 0 Å². The maximum atomic E-state index is 2.34. The normalized spacial score (nSPS) is 11.1. The first kappa shape index (κ1) is 46.2.